The average Bonchev–Trinajstić information content (AvgIpc) is 2.64. The highest BCUT2D eigenvalue weighted by molar-refractivity contribution is 7.93. The van der Waals surface area contributed by atoms with Crippen LogP contribution in [0, 0.1) is 20.8 Å². The van der Waals surface area contributed by atoms with Crippen molar-refractivity contribution >= 4 is 32.3 Å². The summed E-state index contributed by atoms with van der Waals surface area (Å²) in [7, 11) is -3.79. The zero-order valence-electron chi connectivity index (χ0n) is 11.8. The standard InChI is InChI=1S/C14H15NO4S2/c1-8-4-6-11(7-5-8)21(18,19)15-13-12(14(16)17)9(2)10(3)20-13/h4-7,15H,1-3H3,(H,16,17). The molecule has 2 rings (SSSR count). The van der Waals surface area contributed by atoms with Gasteiger partial charge in [0.25, 0.3) is 10.0 Å². The zero-order valence-corrected chi connectivity index (χ0v) is 13.4. The molecule has 0 spiro atoms. The SMILES string of the molecule is Cc1ccc(S(=O)(=O)Nc2sc(C)c(C)c2C(=O)O)cc1. The molecule has 0 bridgehead atoms. The van der Waals surface area contributed by atoms with Crippen LogP contribution in [-0.4, -0.2) is 19.5 Å². The lowest BCUT2D eigenvalue weighted by Crippen LogP contribution is -2.14. The maximum atomic E-state index is 12.3. The van der Waals surface area contributed by atoms with Gasteiger partial charge < -0.3 is 5.11 Å². The van der Waals surface area contributed by atoms with Crippen LogP contribution in [0.4, 0.5) is 5.00 Å². The number of sulfonamides is 1. The van der Waals surface area contributed by atoms with Crippen molar-refractivity contribution in [3.8, 4) is 0 Å². The van der Waals surface area contributed by atoms with Gasteiger partial charge in [0, 0.05) is 4.88 Å². The quantitative estimate of drug-likeness (QED) is 0.904. The van der Waals surface area contributed by atoms with Gasteiger partial charge in [0.05, 0.1) is 10.5 Å². The molecule has 1 aromatic heterocycles. The van der Waals surface area contributed by atoms with Crippen molar-refractivity contribution < 1.29 is 18.3 Å². The van der Waals surface area contributed by atoms with Gasteiger partial charge in [0.15, 0.2) is 0 Å². The van der Waals surface area contributed by atoms with Gasteiger partial charge in [-0.2, -0.15) is 0 Å². The minimum atomic E-state index is -3.79. The van der Waals surface area contributed by atoms with E-state index in [1.165, 1.54) is 12.1 Å². The second-order valence-corrected chi connectivity index (χ2v) is 7.62. The molecule has 1 aromatic carbocycles. The van der Waals surface area contributed by atoms with E-state index >= 15 is 0 Å². The van der Waals surface area contributed by atoms with Crippen LogP contribution >= 0.6 is 11.3 Å². The van der Waals surface area contributed by atoms with E-state index in [9.17, 15) is 18.3 Å². The molecule has 112 valence electrons. The lowest BCUT2D eigenvalue weighted by Gasteiger charge is -2.07. The highest BCUT2D eigenvalue weighted by atomic mass is 32.2. The Morgan fingerprint density at radius 1 is 1.14 bits per heavy atom. The monoisotopic (exact) mass is 325 g/mol. The first-order valence-corrected chi connectivity index (χ1v) is 8.45. The van der Waals surface area contributed by atoms with Crippen molar-refractivity contribution in [3.05, 3.63) is 45.8 Å². The summed E-state index contributed by atoms with van der Waals surface area (Å²) in [5.41, 5.74) is 1.53. The lowest BCUT2D eigenvalue weighted by atomic mass is 10.2. The predicted molar refractivity (Wildman–Crippen MR) is 82.7 cm³/mol. The first-order valence-electron chi connectivity index (χ1n) is 6.15. The molecule has 2 N–H and O–H groups in total. The summed E-state index contributed by atoms with van der Waals surface area (Å²) in [6.45, 7) is 5.29. The van der Waals surface area contributed by atoms with Gasteiger partial charge in [-0.3, -0.25) is 4.72 Å². The Hall–Kier alpha value is -1.86. The average molecular weight is 325 g/mol. The van der Waals surface area contributed by atoms with E-state index in [4.69, 9.17) is 0 Å². The van der Waals surface area contributed by atoms with Crippen molar-refractivity contribution in [3.63, 3.8) is 0 Å². The fourth-order valence-corrected chi connectivity index (χ4v) is 4.21. The summed E-state index contributed by atoms with van der Waals surface area (Å²) < 4.78 is 27.0. The lowest BCUT2D eigenvalue weighted by molar-refractivity contribution is 0.0697. The molecule has 0 aliphatic heterocycles. The van der Waals surface area contributed by atoms with E-state index < -0.39 is 16.0 Å². The van der Waals surface area contributed by atoms with Crippen molar-refractivity contribution in [2.24, 2.45) is 0 Å². The Bertz CT molecular complexity index is 789. The molecule has 0 aliphatic rings. The Morgan fingerprint density at radius 3 is 2.24 bits per heavy atom. The number of aryl methyl sites for hydroxylation is 2. The van der Waals surface area contributed by atoms with Crippen LogP contribution in [0.5, 0.6) is 0 Å². The molecule has 0 atom stereocenters. The molecular weight excluding hydrogens is 310 g/mol. The number of benzene rings is 1. The minimum Gasteiger partial charge on any atom is -0.478 e. The fraction of sp³-hybridized carbons (Fsp3) is 0.214. The van der Waals surface area contributed by atoms with Gasteiger partial charge in [-0.15, -0.1) is 11.3 Å². The molecule has 0 aliphatic carbocycles. The van der Waals surface area contributed by atoms with E-state index in [-0.39, 0.29) is 15.5 Å². The van der Waals surface area contributed by atoms with Crippen LogP contribution in [0.15, 0.2) is 29.2 Å². The molecule has 0 fully saturated rings. The highest BCUT2D eigenvalue weighted by Gasteiger charge is 2.23. The molecular formula is C14H15NO4S2. The van der Waals surface area contributed by atoms with Crippen LogP contribution in [0.3, 0.4) is 0 Å². The first-order chi connectivity index (χ1) is 9.72. The molecule has 21 heavy (non-hydrogen) atoms. The number of nitrogens with one attached hydrogen (secondary N) is 1. The number of carboxylic acid groups (broad SMARTS) is 1. The smallest absolute Gasteiger partial charge is 0.339 e. The Balaban J connectivity index is 2.44. The summed E-state index contributed by atoms with van der Waals surface area (Å²) in [5.74, 6) is -1.14. The predicted octanol–water partition coefficient (Wildman–Crippen LogP) is 3.17. The largest absolute Gasteiger partial charge is 0.478 e. The third-order valence-electron chi connectivity index (χ3n) is 3.16. The Kier molecular flexibility index (Phi) is 4.06. The van der Waals surface area contributed by atoms with Crippen molar-refractivity contribution in [1.82, 2.24) is 0 Å². The molecule has 2 aromatic rings. The Labute approximate surface area is 127 Å². The number of anilines is 1. The molecule has 7 heteroatoms. The number of aromatic carboxylic acids is 1. The number of hydrogen-bond acceptors (Lipinski definition) is 4. The molecule has 1 heterocycles. The van der Waals surface area contributed by atoms with Crippen molar-refractivity contribution in [2.75, 3.05) is 4.72 Å². The summed E-state index contributed by atoms with van der Waals surface area (Å²) in [6.07, 6.45) is 0. The van der Waals surface area contributed by atoms with Gasteiger partial charge in [0.2, 0.25) is 0 Å². The summed E-state index contributed by atoms with van der Waals surface area (Å²) in [4.78, 5) is 12.2. The van der Waals surface area contributed by atoms with Gasteiger partial charge in [-0.25, -0.2) is 13.2 Å². The van der Waals surface area contributed by atoms with Gasteiger partial charge in [-0.05, 0) is 38.5 Å². The number of carbonyl (C=O) groups is 1. The molecule has 0 amide bonds. The minimum absolute atomic E-state index is 0.00758. The van der Waals surface area contributed by atoms with E-state index in [1.54, 1.807) is 26.0 Å². The molecule has 5 nitrogen and oxygen atoms in total. The topological polar surface area (TPSA) is 83.5 Å². The summed E-state index contributed by atoms with van der Waals surface area (Å²) in [5, 5.41) is 9.37. The van der Waals surface area contributed by atoms with Gasteiger partial charge in [-0.1, -0.05) is 17.7 Å². The van der Waals surface area contributed by atoms with Crippen LogP contribution in [0.25, 0.3) is 0 Å². The van der Waals surface area contributed by atoms with Crippen molar-refractivity contribution in [1.29, 1.82) is 0 Å². The van der Waals surface area contributed by atoms with Gasteiger partial charge in [0.1, 0.15) is 5.00 Å². The normalized spacial score (nSPS) is 11.4. The fourth-order valence-electron chi connectivity index (χ4n) is 1.85. The first kappa shape index (κ1) is 15.5. The number of thiophene rings is 1. The molecule has 0 unspecified atom stereocenters. The zero-order chi connectivity index (χ0) is 15.8. The summed E-state index contributed by atoms with van der Waals surface area (Å²) >= 11 is 1.12. The van der Waals surface area contributed by atoms with Crippen molar-refractivity contribution in [2.45, 2.75) is 25.7 Å². The molecule has 0 saturated carbocycles. The third kappa shape index (κ3) is 3.08. The third-order valence-corrected chi connectivity index (χ3v) is 5.78. The maximum absolute atomic E-state index is 12.3. The van der Waals surface area contributed by atoms with Gasteiger partial charge >= 0.3 is 5.97 Å². The highest BCUT2D eigenvalue weighted by Crippen LogP contribution is 2.33. The second kappa shape index (κ2) is 5.50. The van der Waals surface area contributed by atoms with E-state index in [2.05, 4.69) is 4.72 Å². The van der Waals surface area contributed by atoms with Crippen LogP contribution in [-0.2, 0) is 10.0 Å². The van der Waals surface area contributed by atoms with E-state index in [0.717, 1.165) is 21.8 Å². The number of carboxylic acids is 1. The van der Waals surface area contributed by atoms with E-state index in [0.29, 0.717) is 5.56 Å². The number of hydrogen-bond donors (Lipinski definition) is 2. The second-order valence-electron chi connectivity index (χ2n) is 4.71. The Morgan fingerprint density at radius 2 is 1.71 bits per heavy atom. The van der Waals surface area contributed by atoms with Crippen LogP contribution in [0.1, 0.15) is 26.4 Å². The maximum Gasteiger partial charge on any atom is 0.339 e. The van der Waals surface area contributed by atoms with Crippen LogP contribution < -0.4 is 4.72 Å². The molecule has 0 saturated heterocycles. The summed E-state index contributed by atoms with van der Waals surface area (Å²) in [6, 6.07) is 6.37. The number of rotatable bonds is 4. The van der Waals surface area contributed by atoms with Crippen LogP contribution in [0.2, 0.25) is 0 Å². The molecule has 0 radical (unpaired) electrons. The van der Waals surface area contributed by atoms with E-state index in [1.807, 2.05) is 6.92 Å².